The Hall–Kier alpha value is -2.62. The van der Waals surface area contributed by atoms with Crippen LogP contribution in [-0.4, -0.2) is 18.0 Å². The van der Waals surface area contributed by atoms with E-state index in [-0.39, 0.29) is 12.0 Å². The summed E-state index contributed by atoms with van der Waals surface area (Å²) in [6.07, 6.45) is 8.52. The number of benzene rings is 2. The molecule has 2 aromatic rings. The minimum absolute atomic E-state index is 0.0347. The molecule has 1 aliphatic carbocycles. The fourth-order valence-electron chi connectivity index (χ4n) is 4.60. The van der Waals surface area contributed by atoms with Gasteiger partial charge in [-0.2, -0.15) is 0 Å². The number of carbonyl (C=O) groups is 2. The van der Waals surface area contributed by atoms with Gasteiger partial charge < -0.3 is 10.1 Å². The molecule has 3 rings (SSSR count). The smallest absolute Gasteiger partial charge is 0.340 e. The molecule has 1 fully saturated rings. The molecule has 0 bridgehead atoms. The van der Waals surface area contributed by atoms with Gasteiger partial charge in [0.05, 0.1) is 17.4 Å². The van der Waals surface area contributed by atoms with Crippen LogP contribution in [0.2, 0.25) is 0 Å². The number of hydrogen-bond acceptors (Lipinski definition) is 3. The molecule has 31 heavy (non-hydrogen) atoms. The van der Waals surface area contributed by atoms with Crippen molar-refractivity contribution in [3.05, 3.63) is 65.7 Å². The van der Waals surface area contributed by atoms with Gasteiger partial charge in [0.25, 0.3) is 0 Å². The summed E-state index contributed by atoms with van der Waals surface area (Å²) in [5, 5.41) is 2.94. The van der Waals surface area contributed by atoms with E-state index in [4.69, 9.17) is 4.74 Å². The average molecular weight is 422 g/mol. The van der Waals surface area contributed by atoms with Gasteiger partial charge in [-0.25, -0.2) is 4.79 Å². The predicted octanol–water partition coefficient (Wildman–Crippen LogP) is 6.41. The van der Waals surface area contributed by atoms with E-state index in [1.54, 1.807) is 18.2 Å². The van der Waals surface area contributed by atoms with Crippen LogP contribution in [-0.2, 0) is 16.0 Å². The van der Waals surface area contributed by atoms with Crippen LogP contribution in [0.5, 0.6) is 0 Å². The van der Waals surface area contributed by atoms with E-state index in [0.29, 0.717) is 29.5 Å². The molecule has 0 saturated heterocycles. The third-order valence-electron chi connectivity index (χ3n) is 6.16. The van der Waals surface area contributed by atoms with Gasteiger partial charge in [-0.3, -0.25) is 4.79 Å². The van der Waals surface area contributed by atoms with Gasteiger partial charge in [0.1, 0.15) is 0 Å². The Morgan fingerprint density at radius 2 is 1.61 bits per heavy atom. The first-order valence-corrected chi connectivity index (χ1v) is 11.7. The lowest BCUT2D eigenvalue weighted by atomic mass is 9.80. The third kappa shape index (κ3) is 7.23. The van der Waals surface area contributed by atoms with Crippen molar-refractivity contribution in [3.8, 4) is 0 Å². The average Bonchev–Trinajstić information content (AvgIpc) is 2.98. The van der Waals surface area contributed by atoms with Gasteiger partial charge >= 0.3 is 5.97 Å². The number of anilines is 1. The summed E-state index contributed by atoms with van der Waals surface area (Å²) in [6, 6.07) is 17.8. The Morgan fingerprint density at radius 1 is 0.935 bits per heavy atom. The largest absolute Gasteiger partial charge is 0.459 e. The number of para-hydroxylation sites is 1. The van der Waals surface area contributed by atoms with E-state index >= 15 is 0 Å². The molecule has 2 atom stereocenters. The summed E-state index contributed by atoms with van der Waals surface area (Å²) in [5.74, 6) is 0.755. The van der Waals surface area contributed by atoms with Crippen molar-refractivity contribution in [3.63, 3.8) is 0 Å². The maximum Gasteiger partial charge on any atom is 0.340 e. The Labute approximate surface area is 186 Å². The molecule has 0 aromatic heterocycles. The quantitative estimate of drug-likeness (QED) is 0.396. The molecule has 0 aliphatic heterocycles. The van der Waals surface area contributed by atoms with Crippen molar-refractivity contribution in [1.82, 2.24) is 0 Å². The first-order chi connectivity index (χ1) is 15.0. The van der Waals surface area contributed by atoms with Crippen LogP contribution in [0.4, 0.5) is 5.69 Å². The van der Waals surface area contributed by atoms with Crippen LogP contribution in [0.3, 0.4) is 0 Å². The lowest BCUT2D eigenvalue weighted by molar-refractivity contribution is -0.116. The molecular weight excluding hydrogens is 386 g/mol. The summed E-state index contributed by atoms with van der Waals surface area (Å²) in [4.78, 5) is 25.1. The van der Waals surface area contributed by atoms with E-state index in [2.05, 4.69) is 35.6 Å². The normalized spacial score (nSPS) is 18.9. The summed E-state index contributed by atoms with van der Waals surface area (Å²) in [6.45, 7) is 3.63. The van der Waals surface area contributed by atoms with Crippen LogP contribution < -0.4 is 5.32 Å². The first kappa shape index (κ1) is 23.1. The van der Waals surface area contributed by atoms with Crippen molar-refractivity contribution in [2.45, 2.75) is 71.3 Å². The fraction of sp³-hybridized carbons (Fsp3) is 0.481. The minimum Gasteiger partial charge on any atom is -0.459 e. The highest BCUT2D eigenvalue weighted by molar-refractivity contribution is 6.01. The molecule has 4 heteroatoms. The number of esters is 1. The van der Waals surface area contributed by atoms with Crippen LogP contribution in [0, 0.1) is 11.8 Å². The maximum absolute atomic E-state index is 12.7. The highest BCUT2D eigenvalue weighted by Gasteiger charge is 2.25. The topological polar surface area (TPSA) is 55.4 Å². The number of amides is 1. The van der Waals surface area contributed by atoms with E-state index in [1.165, 1.54) is 37.7 Å². The number of hydrogen-bond donors (Lipinski definition) is 1. The number of nitrogens with one attached hydrogen (secondary N) is 1. The van der Waals surface area contributed by atoms with Crippen molar-refractivity contribution in [1.29, 1.82) is 0 Å². The van der Waals surface area contributed by atoms with Crippen LogP contribution >= 0.6 is 0 Å². The minimum atomic E-state index is -0.405. The zero-order valence-electron chi connectivity index (χ0n) is 18.8. The van der Waals surface area contributed by atoms with Gasteiger partial charge in [-0.05, 0) is 62.6 Å². The highest BCUT2D eigenvalue weighted by Crippen LogP contribution is 2.34. The summed E-state index contributed by atoms with van der Waals surface area (Å²) < 4.78 is 5.31. The molecule has 1 amide bonds. The second kappa shape index (κ2) is 11.7. The van der Waals surface area contributed by atoms with Gasteiger partial charge in [0, 0.05) is 6.42 Å². The first-order valence-electron chi connectivity index (χ1n) is 11.7. The zero-order valence-corrected chi connectivity index (χ0v) is 18.8. The van der Waals surface area contributed by atoms with E-state index in [1.807, 2.05) is 19.9 Å². The highest BCUT2D eigenvalue weighted by atomic mass is 16.5. The van der Waals surface area contributed by atoms with Gasteiger partial charge in [0.2, 0.25) is 5.91 Å². The Bertz CT molecular complexity index is 847. The number of carbonyl (C=O) groups excluding carboxylic acids is 2. The van der Waals surface area contributed by atoms with Crippen molar-refractivity contribution in [2.24, 2.45) is 11.8 Å². The molecule has 1 saturated carbocycles. The summed E-state index contributed by atoms with van der Waals surface area (Å²) in [7, 11) is 0. The van der Waals surface area contributed by atoms with Crippen molar-refractivity contribution >= 4 is 17.6 Å². The summed E-state index contributed by atoms with van der Waals surface area (Å²) >= 11 is 0. The molecule has 166 valence electrons. The molecule has 2 aromatic carbocycles. The standard InChI is InChI=1S/C27H35NO3/c1-20(2)31-27(30)24-15-9-10-16-25(24)28-26(29)18-17-22-13-7-4-8-14-23(22)19-21-11-5-3-6-12-21/h3,5-6,9-12,15-16,20,22-23H,4,7-8,13-14,17-19H2,1-2H3,(H,28,29). The maximum atomic E-state index is 12.7. The SMILES string of the molecule is CC(C)OC(=O)c1ccccc1NC(=O)CCC1CCCCCC1Cc1ccccc1. The lowest BCUT2D eigenvalue weighted by Gasteiger charge is -2.25. The van der Waals surface area contributed by atoms with E-state index in [0.717, 1.165) is 12.8 Å². The molecule has 1 N–H and O–H groups in total. The van der Waals surface area contributed by atoms with Crippen molar-refractivity contribution in [2.75, 3.05) is 5.32 Å². The Kier molecular flexibility index (Phi) is 8.69. The second-order valence-electron chi connectivity index (χ2n) is 8.93. The Balaban J connectivity index is 1.59. The molecule has 0 radical (unpaired) electrons. The lowest BCUT2D eigenvalue weighted by Crippen LogP contribution is -2.21. The molecular formula is C27H35NO3. The number of ether oxygens (including phenoxy) is 1. The zero-order chi connectivity index (χ0) is 22.1. The monoisotopic (exact) mass is 421 g/mol. The van der Waals surface area contributed by atoms with Crippen LogP contribution in [0.1, 0.15) is 74.7 Å². The second-order valence-corrected chi connectivity index (χ2v) is 8.93. The van der Waals surface area contributed by atoms with Crippen LogP contribution in [0.15, 0.2) is 54.6 Å². The van der Waals surface area contributed by atoms with E-state index < -0.39 is 5.97 Å². The van der Waals surface area contributed by atoms with Gasteiger partial charge in [-0.15, -0.1) is 0 Å². The molecule has 4 nitrogen and oxygen atoms in total. The van der Waals surface area contributed by atoms with Gasteiger partial charge in [-0.1, -0.05) is 68.1 Å². The van der Waals surface area contributed by atoms with E-state index in [9.17, 15) is 9.59 Å². The van der Waals surface area contributed by atoms with Crippen molar-refractivity contribution < 1.29 is 14.3 Å². The molecule has 1 aliphatic rings. The fourth-order valence-corrected chi connectivity index (χ4v) is 4.60. The Morgan fingerprint density at radius 3 is 2.35 bits per heavy atom. The molecule has 2 unspecified atom stereocenters. The predicted molar refractivity (Wildman–Crippen MR) is 125 cm³/mol. The molecule has 0 spiro atoms. The summed E-state index contributed by atoms with van der Waals surface area (Å²) in [5.41, 5.74) is 2.32. The van der Waals surface area contributed by atoms with Crippen LogP contribution in [0.25, 0.3) is 0 Å². The third-order valence-corrected chi connectivity index (χ3v) is 6.16. The molecule has 0 heterocycles. The van der Waals surface area contributed by atoms with Gasteiger partial charge in [0.15, 0.2) is 0 Å². The number of rotatable bonds is 8.